The van der Waals surface area contributed by atoms with E-state index in [1.807, 2.05) is 12.2 Å². The van der Waals surface area contributed by atoms with E-state index in [4.69, 9.17) is 4.74 Å². The van der Waals surface area contributed by atoms with E-state index >= 15 is 0 Å². The number of carbonyl (C=O) groups is 3. The van der Waals surface area contributed by atoms with Gasteiger partial charge in [0, 0.05) is 25.2 Å². The van der Waals surface area contributed by atoms with Crippen LogP contribution in [0.25, 0.3) is 0 Å². The fraction of sp³-hybridized carbons (Fsp3) is 0.421. The summed E-state index contributed by atoms with van der Waals surface area (Å²) in [6, 6.07) is 3.32. The van der Waals surface area contributed by atoms with Gasteiger partial charge in [-0.3, -0.25) is 24.6 Å². The van der Waals surface area contributed by atoms with Gasteiger partial charge in [0.1, 0.15) is 11.4 Å². The molecule has 1 saturated carbocycles. The number of benzene rings is 1. The lowest BCUT2D eigenvalue weighted by Crippen LogP contribution is -2.40. The first-order valence-electron chi connectivity index (χ1n) is 9.31. The van der Waals surface area contributed by atoms with E-state index in [1.165, 1.54) is 30.2 Å². The number of imide groups is 1. The molecule has 2 N–H and O–H groups in total. The summed E-state index contributed by atoms with van der Waals surface area (Å²) in [5, 5.41) is 16.1. The van der Waals surface area contributed by atoms with Gasteiger partial charge < -0.3 is 15.4 Å². The average molecular weight is 400 g/mol. The monoisotopic (exact) mass is 400 g/mol. The van der Waals surface area contributed by atoms with Gasteiger partial charge in [-0.25, -0.2) is 4.79 Å². The molecule has 10 heteroatoms. The van der Waals surface area contributed by atoms with Crippen molar-refractivity contribution in [2.45, 2.75) is 6.42 Å². The molecule has 1 aliphatic heterocycles. The summed E-state index contributed by atoms with van der Waals surface area (Å²) in [5.74, 6) is -0.275. The van der Waals surface area contributed by atoms with Crippen LogP contribution < -0.4 is 15.4 Å². The van der Waals surface area contributed by atoms with Crippen LogP contribution in [-0.2, 0) is 9.59 Å². The molecule has 4 atom stereocenters. The van der Waals surface area contributed by atoms with Crippen molar-refractivity contribution in [1.29, 1.82) is 0 Å². The van der Waals surface area contributed by atoms with Gasteiger partial charge in [-0.15, -0.1) is 0 Å². The maximum Gasteiger partial charge on any atom is 0.319 e. The molecule has 1 heterocycles. The zero-order valence-corrected chi connectivity index (χ0v) is 15.7. The second-order valence-electron chi connectivity index (χ2n) is 7.35. The number of hydrogen-bond donors (Lipinski definition) is 2. The highest BCUT2D eigenvalue weighted by atomic mass is 16.6. The molecule has 2 bridgehead atoms. The minimum Gasteiger partial charge on any atom is -0.497 e. The number of fused-ring (bicyclic) bond motifs is 5. The second kappa shape index (κ2) is 7.19. The fourth-order valence-electron chi connectivity index (χ4n) is 4.53. The van der Waals surface area contributed by atoms with Gasteiger partial charge in [-0.05, 0) is 24.3 Å². The van der Waals surface area contributed by atoms with Crippen LogP contribution in [0.3, 0.4) is 0 Å². The summed E-state index contributed by atoms with van der Waals surface area (Å²) in [7, 11) is 1.41. The molecule has 1 aromatic carbocycles. The molecule has 0 spiro atoms. The van der Waals surface area contributed by atoms with Crippen molar-refractivity contribution in [3.8, 4) is 5.75 Å². The van der Waals surface area contributed by atoms with Crippen molar-refractivity contribution in [1.82, 2.24) is 10.2 Å². The maximum absolute atomic E-state index is 12.6. The standard InChI is InChI=1S/C19H20N4O6/c1-29-12-4-5-14(23(27)28)13(9-12)21-19(26)20-6-7-22-17(24)15-10-2-3-11(8-10)16(15)18(22)25/h2-5,9-11,15-16H,6-8H2,1H3,(H2,20,21,26)/t10-,11-,15+,16+/m0/s1. The maximum atomic E-state index is 12.6. The Kier molecular flexibility index (Phi) is 4.69. The largest absolute Gasteiger partial charge is 0.497 e. The smallest absolute Gasteiger partial charge is 0.319 e. The summed E-state index contributed by atoms with van der Waals surface area (Å²) in [4.78, 5) is 49.1. The zero-order chi connectivity index (χ0) is 20.7. The molecule has 0 unspecified atom stereocenters. The molecule has 2 aliphatic carbocycles. The number of nitrogens with one attached hydrogen (secondary N) is 2. The molecule has 152 valence electrons. The molecule has 1 saturated heterocycles. The number of methoxy groups -OCH3 is 1. The topological polar surface area (TPSA) is 131 Å². The lowest BCUT2D eigenvalue weighted by atomic mass is 9.85. The predicted molar refractivity (Wildman–Crippen MR) is 101 cm³/mol. The highest BCUT2D eigenvalue weighted by molar-refractivity contribution is 6.06. The van der Waals surface area contributed by atoms with Crippen LogP contribution in [0.4, 0.5) is 16.2 Å². The summed E-state index contributed by atoms with van der Waals surface area (Å²) in [6.07, 6.45) is 4.90. The van der Waals surface area contributed by atoms with Gasteiger partial charge >= 0.3 is 6.03 Å². The third-order valence-electron chi connectivity index (χ3n) is 5.83. The molecule has 0 radical (unpaired) electrons. The Labute approximate surface area is 166 Å². The summed E-state index contributed by atoms with van der Waals surface area (Å²) in [5.41, 5.74) is -0.293. The second-order valence-corrected chi connectivity index (χ2v) is 7.35. The number of carbonyl (C=O) groups excluding carboxylic acids is 3. The van der Waals surface area contributed by atoms with Gasteiger partial charge in [-0.1, -0.05) is 12.2 Å². The number of urea groups is 1. The Morgan fingerprint density at radius 1 is 1.24 bits per heavy atom. The van der Waals surface area contributed by atoms with Gasteiger partial charge in [0.05, 0.1) is 23.9 Å². The molecule has 3 aliphatic rings. The normalized spacial score (nSPS) is 26.6. The lowest BCUT2D eigenvalue weighted by Gasteiger charge is -2.17. The Morgan fingerprint density at radius 3 is 2.48 bits per heavy atom. The number of amides is 4. The molecular weight excluding hydrogens is 380 g/mol. The zero-order valence-electron chi connectivity index (χ0n) is 15.7. The first kappa shape index (κ1) is 18.9. The van der Waals surface area contributed by atoms with Crippen LogP contribution >= 0.6 is 0 Å². The highest BCUT2D eigenvalue weighted by Crippen LogP contribution is 2.52. The lowest BCUT2D eigenvalue weighted by molar-refractivity contribution is -0.383. The number of allylic oxidation sites excluding steroid dienone is 2. The number of nitro groups is 1. The van der Waals surface area contributed by atoms with E-state index < -0.39 is 11.0 Å². The van der Waals surface area contributed by atoms with Crippen molar-refractivity contribution < 1.29 is 24.0 Å². The Balaban J connectivity index is 1.34. The molecule has 0 aromatic heterocycles. The Morgan fingerprint density at radius 2 is 1.90 bits per heavy atom. The van der Waals surface area contributed by atoms with Crippen molar-refractivity contribution in [3.05, 3.63) is 40.5 Å². The van der Waals surface area contributed by atoms with Crippen LogP contribution in [0.2, 0.25) is 0 Å². The number of likely N-dealkylation sites (tertiary alicyclic amines) is 1. The number of hydrogen-bond acceptors (Lipinski definition) is 6. The molecule has 2 fully saturated rings. The van der Waals surface area contributed by atoms with E-state index in [0.29, 0.717) is 5.75 Å². The SMILES string of the molecule is COc1ccc([N+](=O)[O-])c(NC(=O)NCCN2C(=O)[C@H]3[C@H](C2=O)[C@H]2C=C[C@H]3C2)c1. The van der Waals surface area contributed by atoms with E-state index in [1.54, 1.807) is 0 Å². The van der Waals surface area contributed by atoms with Crippen molar-refractivity contribution in [3.63, 3.8) is 0 Å². The van der Waals surface area contributed by atoms with E-state index in [2.05, 4.69) is 10.6 Å². The third-order valence-corrected chi connectivity index (χ3v) is 5.83. The quantitative estimate of drug-likeness (QED) is 0.322. The summed E-state index contributed by atoms with van der Waals surface area (Å²) < 4.78 is 5.02. The van der Waals surface area contributed by atoms with E-state index in [-0.39, 0.29) is 60.0 Å². The highest BCUT2D eigenvalue weighted by Gasteiger charge is 2.58. The number of ether oxygens (including phenoxy) is 1. The van der Waals surface area contributed by atoms with Crippen molar-refractivity contribution in [2.24, 2.45) is 23.7 Å². The predicted octanol–water partition coefficient (Wildman–Crippen LogP) is 1.53. The fourth-order valence-corrected chi connectivity index (χ4v) is 4.53. The van der Waals surface area contributed by atoms with Crippen LogP contribution in [0.5, 0.6) is 5.75 Å². The third kappa shape index (κ3) is 3.20. The molecular formula is C19H20N4O6. The van der Waals surface area contributed by atoms with Gasteiger partial charge in [0.15, 0.2) is 0 Å². The van der Waals surface area contributed by atoms with Crippen molar-refractivity contribution in [2.75, 3.05) is 25.5 Å². The van der Waals surface area contributed by atoms with Crippen LogP contribution in [-0.4, -0.2) is 47.9 Å². The van der Waals surface area contributed by atoms with E-state index in [9.17, 15) is 24.5 Å². The number of anilines is 1. The molecule has 1 aromatic rings. The van der Waals surface area contributed by atoms with Crippen LogP contribution in [0.15, 0.2) is 30.4 Å². The summed E-state index contributed by atoms with van der Waals surface area (Å²) in [6.45, 7) is 0.112. The van der Waals surface area contributed by atoms with Crippen LogP contribution in [0, 0.1) is 33.8 Å². The average Bonchev–Trinajstić information content (AvgIpc) is 3.37. The van der Waals surface area contributed by atoms with Gasteiger partial charge in [0.25, 0.3) is 5.69 Å². The van der Waals surface area contributed by atoms with Gasteiger partial charge in [0.2, 0.25) is 11.8 Å². The van der Waals surface area contributed by atoms with Crippen molar-refractivity contribution >= 4 is 29.2 Å². The summed E-state index contributed by atoms with van der Waals surface area (Å²) >= 11 is 0. The minimum atomic E-state index is -0.678. The molecule has 10 nitrogen and oxygen atoms in total. The first-order chi connectivity index (χ1) is 13.9. The number of rotatable bonds is 6. The Bertz CT molecular complexity index is 899. The molecule has 4 rings (SSSR count). The van der Waals surface area contributed by atoms with Crippen LogP contribution in [0.1, 0.15) is 6.42 Å². The number of nitrogens with zero attached hydrogens (tertiary/aromatic N) is 2. The first-order valence-corrected chi connectivity index (χ1v) is 9.31. The number of nitro benzene ring substituents is 1. The molecule has 29 heavy (non-hydrogen) atoms. The van der Waals surface area contributed by atoms with E-state index in [0.717, 1.165) is 6.42 Å². The Hall–Kier alpha value is -3.43. The molecule has 4 amide bonds. The van der Waals surface area contributed by atoms with Gasteiger partial charge in [-0.2, -0.15) is 0 Å². The minimum absolute atomic E-state index is 0.0163.